The fourth-order valence-electron chi connectivity index (χ4n) is 2.02. The molecule has 1 aromatic carbocycles. The Morgan fingerprint density at radius 1 is 1.53 bits per heavy atom. The molecule has 19 heavy (non-hydrogen) atoms. The standard InChI is InChI=1S/C13H16ClFN4/c1-8-10(7-17-19(8)2)13(18-16)6-9-3-4-12(15)11(14)5-9/h3-5,7,13,18H,6,16H2,1-2H3. The average molecular weight is 283 g/mol. The van der Waals surface area contributed by atoms with Gasteiger partial charge in [-0.1, -0.05) is 17.7 Å². The van der Waals surface area contributed by atoms with Crippen molar-refractivity contribution in [2.75, 3.05) is 0 Å². The Hall–Kier alpha value is -1.43. The molecule has 0 bridgehead atoms. The fourth-order valence-corrected chi connectivity index (χ4v) is 2.22. The molecule has 0 aliphatic heterocycles. The highest BCUT2D eigenvalue weighted by atomic mass is 35.5. The van der Waals surface area contributed by atoms with Crippen LogP contribution in [0, 0.1) is 12.7 Å². The molecule has 1 atom stereocenters. The Balaban J connectivity index is 2.24. The summed E-state index contributed by atoms with van der Waals surface area (Å²) >= 11 is 5.78. The molecule has 0 aliphatic carbocycles. The Labute approximate surface area is 116 Å². The van der Waals surface area contributed by atoms with Crippen LogP contribution in [-0.4, -0.2) is 9.78 Å². The normalized spacial score (nSPS) is 12.7. The van der Waals surface area contributed by atoms with E-state index >= 15 is 0 Å². The van der Waals surface area contributed by atoms with Gasteiger partial charge in [0.15, 0.2) is 0 Å². The van der Waals surface area contributed by atoms with E-state index in [4.69, 9.17) is 17.4 Å². The van der Waals surface area contributed by atoms with E-state index in [-0.39, 0.29) is 11.1 Å². The van der Waals surface area contributed by atoms with E-state index in [1.165, 1.54) is 6.07 Å². The maximum Gasteiger partial charge on any atom is 0.141 e. The molecule has 0 saturated heterocycles. The van der Waals surface area contributed by atoms with E-state index < -0.39 is 5.82 Å². The first kappa shape index (κ1) is 14.0. The summed E-state index contributed by atoms with van der Waals surface area (Å²) in [5.41, 5.74) is 5.74. The van der Waals surface area contributed by atoms with Gasteiger partial charge in [-0.3, -0.25) is 16.0 Å². The highest BCUT2D eigenvalue weighted by Crippen LogP contribution is 2.23. The van der Waals surface area contributed by atoms with Crippen LogP contribution in [0.3, 0.4) is 0 Å². The third-order valence-corrected chi connectivity index (χ3v) is 3.56. The third kappa shape index (κ3) is 2.94. The van der Waals surface area contributed by atoms with Crippen LogP contribution in [0.2, 0.25) is 5.02 Å². The van der Waals surface area contributed by atoms with Crippen LogP contribution < -0.4 is 11.3 Å². The first-order chi connectivity index (χ1) is 9.02. The lowest BCUT2D eigenvalue weighted by Crippen LogP contribution is -2.30. The Morgan fingerprint density at radius 3 is 2.79 bits per heavy atom. The predicted molar refractivity (Wildman–Crippen MR) is 73.1 cm³/mol. The van der Waals surface area contributed by atoms with Crippen LogP contribution in [0.25, 0.3) is 0 Å². The zero-order valence-corrected chi connectivity index (χ0v) is 11.6. The Morgan fingerprint density at radius 2 is 2.26 bits per heavy atom. The van der Waals surface area contributed by atoms with Gasteiger partial charge in [-0.15, -0.1) is 0 Å². The lowest BCUT2D eigenvalue weighted by Gasteiger charge is -2.16. The number of hydrazine groups is 1. The van der Waals surface area contributed by atoms with E-state index in [2.05, 4.69) is 10.5 Å². The number of hydrogen-bond acceptors (Lipinski definition) is 3. The minimum atomic E-state index is -0.416. The summed E-state index contributed by atoms with van der Waals surface area (Å²) in [7, 11) is 1.88. The maximum absolute atomic E-state index is 13.1. The molecule has 4 nitrogen and oxygen atoms in total. The molecule has 0 saturated carbocycles. The van der Waals surface area contributed by atoms with Crippen LogP contribution in [-0.2, 0) is 13.5 Å². The summed E-state index contributed by atoms with van der Waals surface area (Å²) in [4.78, 5) is 0. The highest BCUT2D eigenvalue weighted by Gasteiger charge is 2.16. The summed E-state index contributed by atoms with van der Waals surface area (Å²) < 4.78 is 14.9. The Bertz CT molecular complexity index is 582. The molecule has 0 aliphatic rings. The third-order valence-electron chi connectivity index (χ3n) is 3.27. The summed E-state index contributed by atoms with van der Waals surface area (Å²) in [5.74, 6) is 5.19. The molecule has 0 spiro atoms. The van der Waals surface area contributed by atoms with E-state index in [1.807, 2.05) is 14.0 Å². The molecular formula is C13H16ClFN4. The number of hydrogen-bond donors (Lipinski definition) is 2. The van der Waals surface area contributed by atoms with Gasteiger partial charge in [0.25, 0.3) is 0 Å². The molecule has 2 aromatic rings. The lowest BCUT2D eigenvalue weighted by molar-refractivity contribution is 0.547. The van der Waals surface area contributed by atoms with Gasteiger partial charge < -0.3 is 0 Å². The molecule has 1 unspecified atom stereocenters. The van der Waals surface area contributed by atoms with Crippen molar-refractivity contribution in [3.8, 4) is 0 Å². The molecule has 0 fully saturated rings. The van der Waals surface area contributed by atoms with Gasteiger partial charge in [-0.25, -0.2) is 4.39 Å². The quantitative estimate of drug-likeness (QED) is 0.668. The fraction of sp³-hybridized carbons (Fsp3) is 0.308. The van der Waals surface area contributed by atoms with Gasteiger partial charge in [-0.05, 0) is 31.0 Å². The first-order valence-electron chi connectivity index (χ1n) is 5.91. The molecule has 102 valence electrons. The number of rotatable bonds is 4. The van der Waals surface area contributed by atoms with Crippen LogP contribution >= 0.6 is 11.6 Å². The van der Waals surface area contributed by atoms with Crippen molar-refractivity contribution in [1.29, 1.82) is 0 Å². The average Bonchev–Trinajstić information content (AvgIpc) is 2.72. The molecule has 6 heteroatoms. The number of aromatic nitrogens is 2. The van der Waals surface area contributed by atoms with Crippen molar-refractivity contribution in [3.05, 3.63) is 52.1 Å². The van der Waals surface area contributed by atoms with Crippen molar-refractivity contribution in [3.63, 3.8) is 0 Å². The number of nitrogens with two attached hydrogens (primary N) is 1. The smallest absolute Gasteiger partial charge is 0.141 e. The molecule has 3 N–H and O–H groups in total. The van der Waals surface area contributed by atoms with Gasteiger partial charge in [0, 0.05) is 18.3 Å². The first-order valence-corrected chi connectivity index (χ1v) is 6.29. The van der Waals surface area contributed by atoms with Gasteiger partial charge in [0.1, 0.15) is 5.82 Å². The topological polar surface area (TPSA) is 55.9 Å². The summed E-state index contributed by atoms with van der Waals surface area (Å²) in [6.45, 7) is 1.98. The zero-order valence-electron chi connectivity index (χ0n) is 10.8. The van der Waals surface area contributed by atoms with E-state index in [1.54, 1.807) is 23.0 Å². The number of halogens is 2. The second-order valence-electron chi connectivity index (χ2n) is 4.48. The summed E-state index contributed by atoms with van der Waals surface area (Å²) in [6.07, 6.45) is 2.40. The second-order valence-corrected chi connectivity index (χ2v) is 4.89. The molecule has 2 rings (SSSR count). The van der Waals surface area contributed by atoms with Gasteiger partial charge in [-0.2, -0.15) is 5.10 Å². The number of benzene rings is 1. The van der Waals surface area contributed by atoms with E-state index in [9.17, 15) is 4.39 Å². The molecule has 1 heterocycles. The van der Waals surface area contributed by atoms with Gasteiger partial charge in [0.05, 0.1) is 17.3 Å². The van der Waals surface area contributed by atoms with E-state index in [0.717, 1.165) is 16.8 Å². The van der Waals surface area contributed by atoms with Crippen molar-refractivity contribution >= 4 is 11.6 Å². The lowest BCUT2D eigenvalue weighted by atomic mass is 10.00. The van der Waals surface area contributed by atoms with Crippen molar-refractivity contribution < 1.29 is 4.39 Å². The number of nitrogens with zero attached hydrogens (tertiary/aromatic N) is 2. The van der Waals surface area contributed by atoms with Crippen molar-refractivity contribution in [2.45, 2.75) is 19.4 Å². The largest absolute Gasteiger partial charge is 0.273 e. The Kier molecular flexibility index (Phi) is 4.19. The number of nitrogens with one attached hydrogen (secondary N) is 1. The van der Waals surface area contributed by atoms with Gasteiger partial charge in [0.2, 0.25) is 0 Å². The van der Waals surface area contributed by atoms with Crippen LogP contribution in [0.5, 0.6) is 0 Å². The number of aryl methyl sites for hydroxylation is 1. The minimum absolute atomic E-state index is 0.0878. The predicted octanol–water partition coefficient (Wildman–Crippen LogP) is 2.27. The molecular weight excluding hydrogens is 267 g/mol. The zero-order chi connectivity index (χ0) is 14.0. The van der Waals surface area contributed by atoms with Crippen LogP contribution in [0.15, 0.2) is 24.4 Å². The van der Waals surface area contributed by atoms with Crippen LogP contribution in [0.1, 0.15) is 22.9 Å². The van der Waals surface area contributed by atoms with Crippen LogP contribution in [0.4, 0.5) is 4.39 Å². The second kappa shape index (κ2) is 5.69. The monoisotopic (exact) mass is 282 g/mol. The summed E-state index contributed by atoms with van der Waals surface area (Å²) in [6, 6.07) is 4.60. The minimum Gasteiger partial charge on any atom is -0.273 e. The highest BCUT2D eigenvalue weighted by molar-refractivity contribution is 6.30. The molecule has 1 aromatic heterocycles. The summed E-state index contributed by atoms with van der Waals surface area (Å²) in [5, 5.41) is 4.31. The SMILES string of the molecule is Cc1c(C(Cc2ccc(F)c(Cl)c2)NN)cnn1C. The van der Waals surface area contributed by atoms with Crippen molar-refractivity contribution in [2.24, 2.45) is 12.9 Å². The molecule has 0 radical (unpaired) electrons. The maximum atomic E-state index is 13.1. The van der Waals surface area contributed by atoms with Gasteiger partial charge >= 0.3 is 0 Å². The van der Waals surface area contributed by atoms with E-state index in [0.29, 0.717) is 6.42 Å². The molecule has 0 amide bonds. The van der Waals surface area contributed by atoms with Crippen molar-refractivity contribution in [1.82, 2.24) is 15.2 Å².